The molecule has 0 aliphatic carbocycles. The van der Waals surface area contributed by atoms with Crippen molar-refractivity contribution in [3.63, 3.8) is 0 Å². The van der Waals surface area contributed by atoms with Crippen molar-refractivity contribution in [1.82, 2.24) is 5.32 Å². The second-order valence-electron chi connectivity index (χ2n) is 27.8. The minimum atomic E-state index is -0.842. The summed E-state index contributed by atoms with van der Waals surface area (Å²) in [5, 5.41) is 23.3. The molecule has 0 aromatic heterocycles. The maximum Gasteiger partial charge on any atom is 0.305 e. The van der Waals surface area contributed by atoms with E-state index in [1.54, 1.807) is 6.08 Å². The van der Waals surface area contributed by atoms with Crippen molar-refractivity contribution < 1.29 is 24.5 Å². The Morgan fingerprint density at radius 1 is 0.314 bits per heavy atom. The summed E-state index contributed by atoms with van der Waals surface area (Å²) in [4.78, 5) is 24.6. The summed E-state index contributed by atoms with van der Waals surface area (Å²) >= 11 is 0. The second-order valence-corrected chi connectivity index (χ2v) is 27.8. The molecule has 0 rings (SSSR count). The minimum Gasteiger partial charge on any atom is -0.466 e. The van der Waals surface area contributed by atoms with E-state index in [1.807, 2.05) is 6.08 Å². The topological polar surface area (TPSA) is 95.9 Å². The molecule has 3 N–H and O–H groups in total. The number of carbonyl (C=O) groups excluding carboxylic acids is 2. The van der Waals surface area contributed by atoms with E-state index < -0.39 is 12.1 Å². The van der Waals surface area contributed by atoms with Crippen LogP contribution in [-0.4, -0.2) is 47.4 Å². The zero-order chi connectivity index (χ0) is 62.0. The van der Waals surface area contributed by atoms with Crippen LogP contribution in [0.4, 0.5) is 0 Å². The van der Waals surface area contributed by atoms with Crippen molar-refractivity contribution in [1.29, 1.82) is 0 Å². The Balaban J connectivity index is 3.35. The van der Waals surface area contributed by atoms with Gasteiger partial charge in [-0.25, -0.2) is 0 Å². The smallest absolute Gasteiger partial charge is 0.305 e. The average molecular weight is 1210 g/mol. The van der Waals surface area contributed by atoms with Gasteiger partial charge in [-0.2, -0.15) is 0 Å². The van der Waals surface area contributed by atoms with Crippen LogP contribution in [0.2, 0.25) is 0 Å². The van der Waals surface area contributed by atoms with E-state index in [-0.39, 0.29) is 18.5 Å². The van der Waals surface area contributed by atoms with Crippen molar-refractivity contribution in [3.8, 4) is 0 Å². The number of rotatable bonds is 76. The Kier molecular flexibility index (Phi) is 74.8. The standard InChI is InChI=1S/C80H157NO5/c1-3-5-7-9-11-13-15-16-17-18-19-20-21-31-34-37-40-43-46-49-53-56-60-64-68-72-78(83)77(76-82)81-79(84)73-69-65-61-57-54-50-47-44-41-38-35-32-29-27-25-23-22-24-26-28-30-33-36-39-42-45-48-51-55-59-63-67-71-75-86-80(85)74-70-66-62-58-52-14-12-10-8-6-4-2/h68,72,77-78,82-83H,3-67,69-71,73-76H2,1-2H3,(H,81,84)/b72-68+. The maximum absolute atomic E-state index is 12.6. The van der Waals surface area contributed by atoms with Gasteiger partial charge in [-0.05, 0) is 32.1 Å². The van der Waals surface area contributed by atoms with Crippen LogP contribution >= 0.6 is 0 Å². The largest absolute Gasteiger partial charge is 0.466 e. The van der Waals surface area contributed by atoms with Gasteiger partial charge in [-0.15, -0.1) is 0 Å². The van der Waals surface area contributed by atoms with Gasteiger partial charge in [0.2, 0.25) is 5.91 Å². The number of ether oxygens (including phenoxy) is 1. The zero-order valence-corrected chi connectivity index (χ0v) is 58.8. The van der Waals surface area contributed by atoms with Crippen molar-refractivity contribution in [2.24, 2.45) is 0 Å². The number of carbonyl (C=O) groups is 2. The summed E-state index contributed by atoms with van der Waals surface area (Å²) in [6.45, 7) is 4.96. The van der Waals surface area contributed by atoms with Gasteiger partial charge >= 0.3 is 5.97 Å². The van der Waals surface area contributed by atoms with E-state index in [4.69, 9.17) is 4.74 Å². The monoisotopic (exact) mass is 1210 g/mol. The lowest BCUT2D eigenvalue weighted by atomic mass is 10.0. The molecule has 0 saturated carbocycles. The molecule has 0 saturated heterocycles. The molecule has 0 aliphatic rings. The van der Waals surface area contributed by atoms with Crippen molar-refractivity contribution >= 4 is 11.9 Å². The van der Waals surface area contributed by atoms with Crippen LogP contribution in [0.3, 0.4) is 0 Å². The van der Waals surface area contributed by atoms with Crippen LogP contribution in [0.1, 0.15) is 463 Å². The van der Waals surface area contributed by atoms with Crippen LogP contribution in [0.25, 0.3) is 0 Å². The first-order valence-electron chi connectivity index (χ1n) is 40.0. The quantitative estimate of drug-likeness (QED) is 0.0320. The molecule has 512 valence electrons. The number of aliphatic hydroxyl groups is 2. The summed E-state index contributed by atoms with van der Waals surface area (Å²) in [6.07, 6.45) is 96.3. The van der Waals surface area contributed by atoms with Gasteiger partial charge in [0.1, 0.15) is 0 Å². The van der Waals surface area contributed by atoms with Gasteiger partial charge < -0.3 is 20.3 Å². The first-order chi connectivity index (χ1) is 42.5. The van der Waals surface area contributed by atoms with Gasteiger partial charge in [0.05, 0.1) is 25.4 Å². The summed E-state index contributed by atoms with van der Waals surface area (Å²) in [7, 11) is 0. The third-order valence-electron chi connectivity index (χ3n) is 19.1. The van der Waals surface area contributed by atoms with Crippen LogP contribution in [-0.2, 0) is 14.3 Å². The number of allylic oxidation sites excluding steroid dienone is 1. The molecule has 2 unspecified atom stereocenters. The molecule has 0 heterocycles. The fourth-order valence-corrected chi connectivity index (χ4v) is 13.0. The summed E-state index contributed by atoms with van der Waals surface area (Å²) in [5.74, 6) is -0.0349. The molecule has 0 fully saturated rings. The Morgan fingerprint density at radius 2 is 0.535 bits per heavy atom. The third-order valence-corrected chi connectivity index (χ3v) is 19.1. The molecule has 0 aromatic rings. The highest BCUT2D eigenvalue weighted by molar-refractivity contribution is 5.76. The minimum absolute atomic E-state index is 0.0223. The van der Waals surface area contributed by atoms with Gasteiger partial charge in [-0.3, -0.25) is 9.59 Å². The number of hydrogen-bond acceptors (Lipinski definition) is 5. The molecule has 2 atom stereocenters. The van der Waals surface area contributed by atoms with Crippen LogP contribution in [0.5, 0.6) is 0 Å². The SMILES string of the molecule is CCCCCCCCCCCCCCCCCCCCCCCCC/C=C/C(O)C(CO)NC(=O)CCCCCCCCCCCCCCCCCCCCCCCCCCCCCCCCCCCOC(=O)CCCCCCCCCCCCC. The summed E-state index contributed by atoms with van der Waals surface area (Å²) in [5.41, 5.74) is 0. The summed E-state index contributed by atoms with van der Waals surface area (Å²) < 4.78 is 5.48. The lowest BCUT2D eigenvalue weighted by Crippen LogP contribution is -2.45. The van der Waals surface area contributed by atoms with Gasteiger partial charge in [0.15, 0.2) is 0 Å². The Hall–Kier alpha value is -1.40. The van der Waals surface area contributed by atoms with Gasteiger partial charge in [-0.1, -0.05) is 431 Å². The normalized spacial score (nSPS) is 12.5. The van der Waals surface area contributed by atoms with Crippen LogP contribution in [0.15, 0.2) is 12.2 Å². The first kappa shape index (κ1) is 84.6. The number of unbranched alkanes of at least 4 members (excludes halogenated alkanes) is 65. The fourth-order valence-electron chi connectivity index (χ4n) is 13.0. The van der Waals surface area contributed by atoms with Crippen molar-refractivity contribution in [3.05, 3.63) is 12.2 Å². The Labute approximate surface area is 539 Å². The van der Waals surface area contributed by atoms with Gasteiger partial charge in [0, 0.05) is 12.8 Å². The molecule has 0 aromatic carbocycles. The fraction of sp³-hybridized carbons (Fsp3) is 0.950. The van der Waals surface area contributed by atoms with Crippen LogP contribution < -0.4 is 5.32 Å². The molecular weight excluding hydrogens is 1050 g/mol. The number of aliphatic hydroxyl groups excluding tert-OH is 2. The molecule has 6 heteroatoms. The summed E-state index contributed by atoms with van der Waals surface area (Å²) in [6, 6.07) is -0.625. The number of esters is 1. The predicted octanol–water partition coefficient (Wildman–Crippen LogP) is 26.3. The van der Waals surface area contributed by atoms with Crippen molar-refractivity contribution in [2.45, 2.75) is 475 Å². The van der Waals surface area contributed by atoms with E-state index in [9.17, 15) is 19.8 Å². The highest BCUT2D eigenvalue weighted by atomic mass is 16.5. The first-order valence-corrected chi connectivity index (χ1v) is 40.0. The van der Waals surface area contributed by atoms with E-state index in [0.717, 1.165) is 38.5 Å². The molecule has 86 heavy (non-hydrogen) atoms. The molecule has 0 radical (unpaired) electrons. The molecule has 0 bridgehead atoms. The Morgan fingerprint density at radius 3 is 0.791 bits per heavy atom. The van der Waals surface area contributed by atoms with E-state index in [1.165, 1.54) is 398 Å². The average Bonchev–Trinajstić information content (AvgIpc) is 3.58. The molecule has 0 spiro atoms. The van der Waals surface area contributed by atoms with E-state index in [2.05, 4.69) is 19.2 Å². The highest BCUT2D eigenvalue weighted by Crippen LogP contribution is 2.20. The second kappa shape index (κ2) is 76.1. The molecular formula is C80H157NO5. The molecule has 0 aliphatic heterocycles. The maximum atomic E-state index is 12.6. The molecule has 1 amide bonds. The highest BCUT2D eigenvalue weighted by Gasteiger charge is 2.18. The zero-order valence-electron chi connectivity index (χ0n) is 58.8. The lowest BCUT2D eigenvalue weighted by Gasteiger charge is -2.20. The van der Waals surface area contributed by atoms with E-state index in [0.29, 0.717) is 19.4 Å². The van der Waals surface area contributed by atoms with Crippen LogP contribution in [0, 0.1) is 0 Å². The van der Waals surface area contributed by atoms with Crippen molar-refractivity contribution in [2.75, 3.05) is 13.2 Å². The predicted molar refractivity (Wildman–Crippen MR) is 380 cm³/mol. The lowest BCUT2D eigenvalue weighted by molar-refractivity contribution is -0.143. The molecule has 6 nitrogen and oxygen atoms in total. The third kappa shape index (κ3) is 71.7. The van der Waals surface area contributed by atoms with Gasteiger partial charge in [0.25, 0.3) is 0 Å². The van der Waals surface area contributed by atoms with E-state index >= 15 is 0 Å². The Bertz CT molecular complexity index is 1300. The number of amides is 1. The number of nitrogens with one attached hydrogen (secondary N) is 1. The number of hydrogen-bond donors (Lipinski definition) is 3.